The van der Waals surface area contributed by atoms with Gasteiger partial charge in [-0.25, -0.2) is 0 Å². The number of benzene rings is 1. The van der Waals surface area contributed by atoms with Gasteiger partial charge in [-0.15, -0.1) is 0 Å². The molecule has 2 saturated heterocycles. The molecule has 4 aliphatic rings. The number of anilines is 1. The summed E-state index contributed by atoms with van der Waals surface area (Å²) < 4.78 is 12.3. The summed E-state index contributed by atoms with van der Waals surface area (Å²) in [6, 6.07) is 14.2. The van der Waals surface area contributed by atoms with Crippen LogP contribution >= 0.6 is 0 Å². The number of rotatable bonds is 16. The van der Waals surface area contributed by atoms with Gasteiger partial charge in [0.2, 0.25) is 11.8 Å². The van der Waals surface area contributed by atoms with E-state index in [-0.39, 0.29) is 41.4 Å². The summed E-state index contributed by atoms with van der Waals surface area (Å²) in [6.07, 6.45) is 13.6. The molecule has 1 unspecified atom stereocenters. The van der Waals surface area contributed by atoms with Gasteiger partial charge in [0.05, 0.1) is 23.5 Å². The fourth-order valence-corrected chi connectivity index (χ4v) is 7.92. The molecule has 0 N–H and O–H groups in total. The third-order valence-corrected chi connectivity index (χ3v) is 10.4. The first-order valence-corrected chi connectivity index (χ1v) is 17.6. The lowest BCUT2D eigenvalue weighted by Gasteiger charge is -2.30. The van der Waals surface area contributed by atoms with Gasteiger partial charge in [-0.3, -0.25) is 14.5 Å². The fraction of sp³-hybridized carbons (Fsp3) is 0.564. The quantitative estimate of drug-likeness (QED) is 0.0800. The molecule has 0 spiro atoms. The lowest BCUT2D eigenvalue weighted by atomic mass is 9.78. The monoisotopic (exact) mass is 649 g/mol. The van der Waals surface area contributed by atoms with Crippen LogP contribution in [0.4, 0.5) is 5.69 Å². The van der Waals surface area contributed by atoms with Gasteiger partial charge < -0.3 is 14.4 Å². The highest BCUT2D eigenvalue weighted by Crippen LogP contribution is 2.52. The first-order valence-electron chi connectivity index (χ1n) is 17.6. The smallest absolute Gasteiger partial charge is 0.236 e. The number of hydrogen-bond donors (Lipinski definition) is 0. The van der Waals surface area contributed by atoms with E-state index in [0.717, 1.165) is 37.2 Å². The molecule has 9 heteroatoms. The predicted octanol–water partition coefficient (Wildman–Crippen LogP) is 7.13. The van der Waals surface area contributed by atoms with Crippen LogP contribution in [-0.2, 0) is 19.1 Å². The molecule has 2 fully saturated rings. The second-order valence-electron chi connectivity index (χ2n) is 13.8. The maximum absolute atomic E-state index is 13.4. The molecule has 2 amide bonds. The summed E-state index contributed by atoms with van der Waals surface area (Å²) in [7, 11) is 0. The van der Waals surface area contributed by atoms with Gasteiger partial charge in [0.15, 0.2) is 11.3 Å². The normalized spacial score (nSPS) is 26.8. The second kappa shape index (κ2) is 14.8. The highest BCUT2D eigenvalue weighted by Gasteiger charge is 2.65. The zero-order valence-corrected chi connectivity index (χ0v) is 28.8. The molecule has 1 aromatic rings. The first kappa shape index (κ1) is 34.9. The molecule has 0 saturated carbocycles. The minimum atomic E-state index is -1.07. The zero-order valence-electron chi connectivity index (χ0n) is 28.8. The average molecular weight is 650 g/mol. The Balaban J connectivity index is 1.38. The molecule has 4 heterocycles. The predicted molar refractivity (Wildman–Crippen MR) is 183 cm³/mol. The van der Waals surface area contributed by atoms with E-state index in [1.807, 2.05) is 50.3 Å². The van der Waals surface area contributed by atoms with Gasteiger partial charge in [0.1, 0.15) is 29.4 Å². The third kappa shape index (κ3) is 6.52. The molecule has 0 aromatic heterocycles. The van der Waals surface area contributed by atoms with Gasteiger partial charge in [-0.1, -0.05) is 76.7 Å². The van der Waals surface area contributed by atoms with Crippen LogP contribution < -0.4 is 4.90 Å². The molecule has 5 rings (SSSR count). The van der Waals surface area contributed by atoms with Gasteiger partial charge in [0.25, 0.3) is 0 Å². The number of carbonyl (C=O) groups excluding carboxylic acids is 2. The molecule has 1 aromatic carbocycles. The number of hydrogen-bond acceptors (Lipinski definition) is 8. The molecule has 9 nitrogen and oxygen atoms in total. The van der Waals surface area contributed by atoms with Crippen molar-refractivity contribution < 1.29 is 19.1 Å². The van der Waals surface area contributed by atoms with E-state index in [4.69, 9.17) is 9.47 Å². The van der Waals surface area contributed by atoms with Crippen LogP contribution in [0, 0.1) is 45.8 Å². The molecule has 5 atom stereocenters. The molecular formula is C39H47N5O4. The summed E-state index contributed by atoms with van der Waals surface area (Å²) in [5.74, 6) is -1.46. The maximum Gasteiger partial charge on any atom is 0.236 e. The van der Waals surface area contributed by atoms with E-state index >= 15 is 0 Å². The number of imide groups is 1. The molecular weight excluding hydrogens is 602 g/mol. The fourth-order valence-electron chi connectivity index (χ4n) is 7.92. The standard InChI is InChI=1S/C39H47N5O4/c1-5-7-9-11-21-43(22-12-10-8-6-2)29-16-14-27(15-17-29)33-30(26-42)35(28(24-40)25-41)48-38(33,3)19-13-23-44-36(45)32-31-18-20-39(4,47-31)34(32)37(44)46/h14-18,20,31-32,34H,5-13,19,21-23H2,1-4H3/t31-,32+,34-,38?,39+/m1/s1. The Kier molecular flexibility index (Phi) is 10.8. The van der Waals surface area contributed by atoms with E-state index in [2.05, 4.69) is 36.9 Å². The van der Waals surface area contributed by atoms with Gasteiger partial charge in [-0.2, -0.15) is 15.8 Å². The van der Waals surface area contributed by atoms with Crippen molar-refractivity contribution >= 4 is 23.1 Å². The van der Waals surface area contributed by atoms with Crippen LogP contribution in [0.25, 0.3) is 5.57 Å². The highest BCUT2D eigenvalue weighted by molar-refractivity contribution is 6.07. The minimum absolute atomic E-state index is 0.0202. The van der Waals surface area contributed by atoms with Crippen molar-refractivity contribution in [3.05, 3.63) is 58.9 Å². The van der Waals surface area contributed by atoms with Gasteiger partial charge in [-0.05, 0) is 57.2 Å². The van der Waals surface area contributed by atoms with Gasteiger partial charge >= 0.3 is 0 Å². The lowest BCUT2D eigenvalue weighted by molar-refractivity contribution is -0.144. The molecule has 4 aliphatic heterocycles. The Hall–Kier alpha value is -4.39. The number of nitriles is 3. The molecule has 2 bridgehead atoms. The Morgan fingerprint density at radius 2 is 1.54 bits per heavy atom. The zero-order chi connectivity index (χ0) is 34.5. The van der Waals surface area contributed by atoms with E-state index in [1.54, 1.807) is 0 Å². The van der Waals surface area contributed by atoms with Crippen molar-refractivity contribution in [2.75, 3.05) is 24.5 Å². The number of amides is 2. The summed E-state index contributed by atoms with van der Waals surface area (Å²) in [5, 5.41) is 29.8. The Labute approximate surface area is 285 Å². The number of ether oxygens (including phenoxy) is 2. The van der Waals surface area contributed by atoms with Crippen LogP contribution in [0.5, 0.6) is 0 Å². The van der Waals surface area contributed by atoms with Crippen LogP contribution in [0.15, 0.2) is 53.3 Å². The van der Waals surface area contributed by atoms with Crippen molar-refractivity contribution in [1.82, 2.24) is 4.90 Å². The Morgan fingerprint density at radius 3 is 2.10 bits per heavy atom. The average Bonchev–Trinajstić information content (AvgIpc) is 3.78. The van der Waals surface area contributed by atoms with Crippen LogP contribution in [0.1, 0.15) is 97.5 Å². The molecule has 0 radical (unpaired) electrons. The minimum Gasteiger partial charge on any atom is -0.479 e. The third-order valence-electron chi connectivity index (χ3n) is 10.4. The maximum atomic E-state index is 13.4. The molecule has 0 aliphatic carbocycles. The first-order chi connectivity index (χ1) is 23.2. The van der Waals surface area contributed by atoms with E-state index < -0.39 is 23.0 Å². The highest BCUT2D eigenvalue weighted by atomic mass is 16.5. The summed E-state index contributed by atoms with van der Waals surface area (Å²) in [5.41, 5.74) is 0.569. The number of unbranched alkanes of at least 4 members (excludes halogenated alkanes) is 6. The van der Waals surface area contributed by atoms with Crippen molar-refractivity contribution in [2.24, 2.45) is 11.8 Å². The largest absolute Gasteiger partial charge is 0.479 e. The second-order valence-corrected chi connectivity index (χ2v) is 13.8. The van der Waals surface area contributed by atoms with Crippen molar-refractivity contribution in [3.63, 3.8) is 0 Å². The number of carbonyl (C=O) groups is 2. The van der Waals surface area contributed by atoms with Crippen molar-refractivity contribution in [3.8, 4) is 18.2 Å². The van der Waals surface area contributed by atoms with Crippen LogP contribution in [0.3, 0.4) is 0 Å². The lowest BCUT2D eigenvalue weighted by Crippen LogP contribution is -2.39. The van der Waals surface area contributed by atoms with E-state index in [1.165, 1.54) is 43.4 Å². The van der Waals surface area contributed by atoms with E-state index in [9.17, 15) is 25.4 Å². The number of fused-ring (bicyclic) bond motifs is 5. The van der Waals surface area contributed by atoms with E-state index in [0.29, 0.717) is 18.4 Å². The Morgan fingerprint density at radius 1 is 0.896 bits per heavy atom. The topological polar surface area (TPSA) is 130 Å². The molecule has 48 heavy (non-hydrogen) atoms. The summed E-state index contributed by atoms with van der Waals surface area (Å²) in [6.45, 7) is 10.3. The molecule has 252 valence electrons. The van der Waals surface area contributed by atoms with Crippen molar-refractivity contribution in [2.45, 2.75) is 109 Å². The number of likely N-dealkylation sites (tertiary alicyclic amines) is 1. The summed E-state index contributed by atoms with van der Waals surface area (Å²) in [4.78, 5) is 30.5. The van der Waals surface area contributed by atoms with Crippen molar-refractivity contribution in [1.29, 1.82) is 15.8 Å². The van der Waals surface area contributed by atoms with Gasteiger partial charge in [0, 0.05) is 30.9 Å². The Bertz CT molecular complexity index is 1590. The number of nitrogens with zero attached hydrogens (tertiary/aromatic N) is 5. The number of allylic oxidation sites excluding steroid dienone is 2. The van der Waals surface area contributed by atoms with Crippen LogP contribution in [-0.4, -0.2) is 53.7 Å². The SMILES string of the molecule is CCCCCCN(CCCCCC)c1ccc(C2=C(C#N)C(=C(C#N)C#N)OC2(C)CCCN2C(=O)[C@H]3[C@H]4C=C[C@](C)(O4)[C@H]3C2=O)cc1. The van der Waals surface area contributed by atoms with Crippen LogP contribution in [0.2, 0.25) is 0 Å². The summed E-state index contributed by atoms with van der Waals surface area (Å²) >= 11 is 0.